The van der Waals surface area contributed by atoms with Crippen LogP contribution in [0.2, 0.25) is 0 Å². The second-order valence-electron chi connectivity index (χ2n) is 6.30. The molecule has 6 heteroatoms. The number of phenolic OH excluding ortho intramolecular Hbond substituents is 1. The second-order valence-corrected chi connectivity index (χ2v) is 7.66. The number of hydrogen-bond acceptors (Lipinski definition) is 4. The van der Waals surface area contributed by atoms with E-state index in [0.717, 1.165) is 32.1 Å². The molecule has 0 aliphatic heterocycles. The lowest BCUT2D eigenvalue weighted by Crippen LogP contribution is -2.06. The number of para-hydroxylation sites is 1. The van der Waals surface area contributed by atoms with Crippen LogP contribution in [0.1, 0.15) is 51.0 Å². The van der Waals surface area contributed by atoms with Crippen molar-refractivity contribution < 1.29 is 22.8 Å². The minimum Gasteiger partial charge on any atom is -0.508 e. The van der Waals surface area contributed by atoms with E-state index in [1.807, 2.05) is 6.07 Å². The monoisotopic (exact) mass is 378 g/mol. The fraction of sp³-hybridized carbons (Fsp3) is 0.400. The van der Waals surface area contributed by atoms with E-state index in [9.17, 15) is 18.1 Å². The summed E-state index contributed by atoms with van der Waals surface area (Å²) in [7, 11) is -4.54. The number of unbranched alkanes of at least 4 members (excludes halogenated alkanes) is 5. The standard InChI is InChI=1S/C20H26O5S/c1-2-3-4-5-6-10-13-17-18(21)14-15-19(20(17)26(22,23)24)25-16-11-8-7-9-12-16/h7-9,11-12,14-15,21H,2-6,10,13H2,1H3,(H,22,23,24). The van der Waals surface area contributed by atoms with Crippen molar-refractivity contribution in [1.82, 2.24) is 0 Å². The molecule has 26 heavy (non-hydrogen) atoms. The highest BCUT2D eigenvalue weighted by atomic mass is 32.2. The van der Waals surface area contributed by atoms with E-state index in [2.05, 4.69) is 6.92 Å². The van der Waals surface area contributed by atoms with Crippen LogP contribution in [0.3, 0.4) is 0 Å². The summed E-state index contributed by atoms with van der Waals surface area (Å²) in [5.41, 5.74) is 0.205. The SMILES string of the molecule is CCCCCCCCc1c(O)ccc(Oc2ccccc2)c1S(=O)(=O)O. The molecule has 0 aliphatic carbocycles. The van der Waals surface area contributed by atoms with Crippen molar-refractivity contribution in [2.45, 2.75) is 56.8 Å². The molecule has 0 radical (unpaired) electrons. The summed E-state index contributed by atoms with van der Waals surface area (Å²) in [5, 5.41) is 10.2. The van der Waals surface area contributed by atoms with Gasteiger partial charge in [-0.1, -0.05) is 57.2 Å². The van der Waals surface area contributed by atoms with Gasteiger partial charge >= 0.3 is 0 Å². The highest BCUT2D eigenvalue weighted by Crippen LogP contribution is 2.37. The molecule has 142 valence electrons. The molecule has 0 atom stereocenters. The lowest BCUT2D eigenvalue weighted by Gasteiger charge is -2.15. The van der Waals surface area contributed by atoms with Crippen molar-refractivity contribution in [2.24, 2.45) is 0 Å². The zero-order valence-electron chi connectivity index (χ0n) is 15.0. The zero-order valence-corrected chi connectivity index (χ0v) is 15.8. The predicted molar refractivity (Wildman–Crippen MR) is 102 cm³/mol. The van der Waals surface area contributed by atoms with Gasteiger partial charge < -0.3 is 9.84 Å². The summed E-state index contributed by atoms with van der Waals surface area (Å²) in [6.07, 6.45) is 6.58. The Labute approximate surface area is 155 Å². The highest BCUT2D eigenvalue weighted by molar-refractivity contribution is 7.86. The van der Waals surface area contributed by atoms with Gasteiger partial charge in [0.25, 0.3) is 10.1 Å². The number of hydrogen-bond donors (Lipinski definition) is 2. The van der Waals surface area contributed by atoms with Crippen LogP contribution in [0.5, 0.6) is 17.2 Å². The average Bonchev–Trinajstić information content (AvgIpc) is 2.60. The van der Waals surface area contributed by atoms with Gasteiger partial charge in [-0.3, -0.25) is 4.55 Å². The van der Waals surface area contributed by atoms with Gasteiger partial charge in [-0.25, -0.2) is 0 Å². The van der Waals surface area contributed by atoms with Gasteiger partial charge in [0, 0.05) is 5.56 Å². The Hall–Kier alpha value is -2.05. The van der Waals surface area contributed by atoms with Crippen LogP contribution in [0.4, 0.5) is 0 Å². The molecular weight excluding hydrogens is 352 g/mol. The van der Waals surface area contributed by atoms with E-state index in [1.54, 1.807) is 24.3 Å². The molecule has 0 fully saturated rings. The average molecular weight is 378 g/mol. The molecule has 0 heterocycles. The molecule has 0 saturated heterocycles. The van der Waals surface area contributed by atoms with Gasteiger partial charge in [0.15, 0.2) is 0 Å². The molecular formula is C20H26O5S. The molecule has 0 aromatic heterocycles. The number of ether oxygens (including phenoxy) is 1. The van der Waals surface area contributed by atoms with Gasteiger partial charge in [0.2, 0.25) is 0 Å². The summed E-state index contributed by atoms with van der Waals surface area (Å²) >= 11 is 0. The maximum Gasteiger partial charge on any atom is 0.298 e. The number of phenols is 1. The van der Waals surface area contributed by atoms with E-state index in [4.69, 9.17) is 4.74 Å². The Bertz CT molecular complexity index is 800. The molecule has 0 amide bonds. The van der Waals surface area contributed by atoms with Crippen LogP contribution in [0, 0.1) is 0 Å². The molecule has 2 N–H and O–H groups in total. The first-order valence-corrected chi connectivity index (χ1v) is 10.4. The minimum absolute atomic E-state index is 0.0116. The van der Waals surface area contributed by atoms with E-state index >= 15 is 0 Å². The maximum absolute atomic E-state index is 12.0. The zero-order chi connectivity index (χ0) is 19.0. The molecule has 5 nitrogen and oxygen atoms in total. The van der Waals surface area contributed by atoms with Crippen molar-refractivity contribution in [3.8, 4) is 17.2 Å². The molecule has 2 aromatic carbocycles. The topological polar surface area (TPSA) is 83.8 Å². The molecule has 2 rings (SSSR count). The fourth-order valence-corrected chi connectivity index (χ4v) is 3.78. The minimum atomic E-state index is -4.54. The summed E-state index contributed by atoms with van der Waals surface area (Å²) in [4.78, 5) is -0.352. The molecule has 2 aromatic rings. The molecule has 0 bridgehead atoms. The van der Waals surface area contributed by atoms with Gasteiger partial charge in [-0.15, -0.1) is 0 Å². The van der Waals surface area contributed by atoms with Gasteiger partial charge in [-0.05, 0) is 37.1 Å². The summed E-state index contributed by atoms with van der Waals surface area (Å²) in [5.74, 6) is 0.317. The van der Waals surface area contributed by atoms with Gasteiger partial charge in [0.05, 0.1) is 0 Å². The van der Waals surface area contributed by atoms with Gasteiger partial charge in [0.1, 0.15) is 22.1 Å². The summed E-state index contributed by atoms with van der Waals surface area (Å²) < 4.78 is 39.3. The molecule has 0 saturated carbocycles. The Balaban J connectivity index is 2.24. The quantitative estimate of drug-likeness (QED) is 0.431. The van der Waals surface area contributed by atoms with Crippen LogP contribution in [-0.4, -0.2) is 18.1 Å². The van der Waals surface area contributed by atoms with Crippen molar-refractivity contribution >= 4 is 10.1 Å². The molecule has 0 spiro atoms. The lowest BCUT2D eigenvalue weighted by molar-refractivity contribution is 0.431. The molecule has 0 aliphatic rings. The van der Waals surface area contributed by atoms with Crippen molar-refractivity contribution in [3.05, 3.63) is 48.0 Å². The summed E-state index contributed by atoms with van der Waals surface area (Å²) in [6.45, 7) is 2.15. The number of aromatic hydroxyl groups is 1. The predicted octanol–water partition coefficient (Wildman–Crippen LogP) is 5.33. The lowest BCUT2D eigenvalue weighted by atomic mass is 10.0. The van der Waals surface area contributed by atoms with E-state index in [0.29, 0.717) is 12.2 Å². The van der Waals surface area contributed by atoms with E-state index in [-0.39, 0.29) is 22.0 Å². The Morgan fingerprint density at radius 1 is 0.923 bits per heavy atom. The first-order valence-electron chi connectivity index (χ1n) is 8.98. The smallest absolute Gasteiger partial charge is 0.298 e. The van der Waals surface area contributed by atoms with Crippen LogP contribution < -0.4 is 4.74 Å². The largest absolute Gasteiger partial charge is 0.508 e. The summed E-state index contributed by atoms with van der Waals surface area (Å²) in [6, 6.07) is 11.5. The van der Waals surface area contributed by atoms with Crippen LogP contribution >= 0.6 is 0 Å². The number of rotatable bonds is 10. The van der Waals surface area contributed by atoms with Crippen LogP contribution in [0.15, 0.2) is 47.4 Å². The Morgan fingerprint density at radius 3 is 2.23 bits per heavy atom. The second kappa shape index (κ2) is 9.59. The van der Waals surface area contributed by atoms with Gasteiger partial charge in [-0.2, -0.15) is 8.42 Å². The maximum atomic E-state index is 12.0. The van der Waals surface area contributed by atoms with Crippen LogP contribution in [-0.2, 0) is 16.5 Å². The number of benzene rings is 2. The fourth-order valence-electron chi connectivity index (χ4n) is 2.90. The third-order valence-electron chi connectivity index (χ3n) is 4.21. The third kappa shape index (κ3) is 5.75. The van der Waals surface area contributed by atoms with Crippen molar-refractivity contribution in [1.29, 1.82) is 0 Å². The Morgan fingerprint density at radius 2 is 1.58 bits per heavy atom. The first kappa shape index (κ1) is 20.3. The first-order chi connectivity index (χ1) is 12.4. The van der Waals surface area contributed by atoms with Crippen LogP contribution in [0.25, 0.3) is 0 Å². The highest BCUT2D eigenvalue weighted by Gasteiger charge is 2.24. The molecule has 0 unspecified atom stereocenters. The van der Waals surface area contributed by atoms with E-state index in [1.165, 1.54) is 18.6 Å². The van der Waals surface area contributed by atoms with Crippen molar-refractivity contribution in [3.63, 3.8) is 0 Å². The normalized spacial score (nSPS) is 11.5. The Kier molecular flexibility index (Phi) is 7.48. The third-order valence-corrected chi connectivity index (χ3v) is 5.17. The van der Waals surface area contributed by atoms with E-state index < -0.39 is 10.1 Å². The van der Waals surface area contributed by atoms with Crippen molar-refractivity contribution in [2.75, 3.05) is 0 Å².